The third-order valence-electron chi connectivity index (χ3n) is 3.11. The summed E-state index contributed by atoms with van der Waals surface area (Å²) in [6.45, 7) is 2.27. The van der Waals surface area contributed by atoms with E-state index in [9.17, 15) is 24.3 Å². The second-order valence-corrected chi connectivity index (χ2v) is 5.69. The first-order valence-electron chi connectivity index (χ1n) is 6.66. The monoisotopic (exact) mass is 393 g/mol. The highest BCUT2D eigenvalue weighted by atomic mass is 79.9. The molecule has 0 aliphatic heterocycles. The van der Waals surface area contributed by atoms with Crippen LogP contribution in [0.3, 0.4) is 0 Å². The minimum absolute atomic E-state index is 0.208. The predicted molar refractivity (Wildman–Crippen MR) is 87.5 cm³/mol. The number of halogens is 1. The number of carboxylic acid groups (broad SMARTS) is 1. The molecule has 0 radical (unpaired) electrons. The molecular weight excluding hydrogens is 382 g/mol. The number of anilines is 1. The van der Waals surface area contributed by atoms with E-state index in [0.717, 1.165) is 18.5 Å². The number of rotatable bonds is 4. The highest BCUT2D eigenvalue weighted by Crippen LogP contribution is 2.28. The van der Waals surface area contributed by atoms with Crippen molar-refractivity contribution in [3.8, 4) is 5.69 Å². The summed E-state index contributed by atoms with van der Waals surface area (Å²) in [5.41, 5.74) is -0.525. The van der Waals surface area contributed by atoms with Gasteiger partial charge in [0.05, 0.1) is 11.3 Å². The Balaban J connectivity index is 2.88. The van der Waals surface area contributed by atoms with Crippen molar-refractivity contribution in [3.05, 3.63) is 40.0 Å². The number of carbonyl (C=O) groups excluding carboxylic acids is 3. The zero-order chi connectivity index (χ0) is 18.0. The van der Waals surface area contributed by atoms with Crippen molar-refractivity contribution in [1.29, 1.82) is 0 Å². The molecule has 8 nitrogen and oxygen atoms in total. The Hall–Kier alpha value is -2.81. The first-order chi connectivity index (χ1) is 11.3. The van der Waals surface area contributed by atoms with Crippen molar-refractivity contribution in [2.45, 2.75) is 13.8 Å². The molecule has 1 aromatic heterocycles. The van der Waals surface area contributed by atoms with Crippen molar-refractivity contribution in [2.24, 2.45) is 0 Å². The smallest absolute Gasteiger partial charge is 0.357 e. The van der Waals surface area contributed by atoms with Gasteiger partial charge in [0.25, 0.3) is 0 Å². The molecule has 0 saturated carbocycles. The molecule has 0 spiro atoms. The minimum atomic E-state index is -1.45. The summed E-state index contributed by atoms with van der Waals surface area (Å²) in [7, 11) is 0. The van der Waals surface area contributed by atoms with Crippen molar-refractivity contribution >= 4 is 45.8 Å². The molecule has 1 aromatic carbocycles. The number of aromatic nitrogens is 2. The van der Waals surface area contributed by atoms with Gasteiger partial charge in [0.2, 0.25) is 11.8 Å². The fourth-order valence-corrected chi connectivity index (χ4v) is 2.60. The molecule has 0 aliphatic rings. The normalized spacial score (nSPS) is 10.3. The molecule has 0 bridgehead atoms. The van der Waals surface area contributed by atoms with E-state index in [1.165, 1.54) is 0 Å². The zero-order valence-electron chi connectivity index (χ0n) is 12.7. The first kappa shape index (κ1) is 17.5. The molecule has 2 amide bonds. The van der Waals surface area contributed by atoms with Gasteiger partial charge in [-0.2, -0.15) is 5.10 Å². The summed E-state index contributed by atoms with van der Waals surface area (Å²) in [6.07, 6.45) is 0.263. The van der Waals surface area contributed by atoms with Crippen LogP contribution in [0.5, 0.6) is 0 Å². The molecule has 0 saturated heterocycles. The van der Waals surface area contributed by atoms with Crippen LogP contribution in [0.1, 0.15) is 34.7 Å². The molecule has 124 valence electrons. The molecule has 0 aliphatic carbocycles. The number of aromatic carboxylic acids is 1. The van der Waals surface area contributed by atoms with E-state index < -0.39 is 23.5 Å². The summed E-state index contributed by atoms with van der Waals surface area (Å²) in [5, 5.41) is 13.2. The lowest BCUT2D eigenvalue weighted by molar-refractivity contribution is -0.124. The average Bonchev–Trinajstić information content (AvgIpc) is 2.86. The van der Waals surface area contributed by atoms with Gasteiger partial charge in [0.15, 0.2) is 17.8 Å². The Labute approximate surface area is 144 Å². The van der Waals surface area contributed by atoms with Gasteiger partial charge < -0.3 is 5.11 Å². The van der Waals surface area contributed by atoms with Gasteiger partial charge in [-0.3, -0.25) is 14.4 Å². The van der Waals surface area contributed by atoms with Crippen LogP contribution in [-0.2, 0) is 9.59 Å². The summed E-state index contributed by atoms with van der Waals surface area (Å²) >= 11 is 3.28. The fourth-order valence-electron chi connectivity index (χ4n) is 2.21. The maximum Gasteiger partial charge on any atom is 0.357 e. The van der Waals surface area contributed by atoms with E-state index in [4.69, 9.17) is 0 Å². The molecule has 0 atom stereocenters. The van der Waals surface area contributed by atoms with Gasteiger partial charge in [-0.15, -0.1) is 0 Å². The van der Waals surface area contributed by atoms with Gasteiger partial charge in [0, 0.05) is 18.3 Å². The van der Waals surface area contributed by atoms with Crippen LogP contribution >= 0.6 is 15.9 Å². The lowest BCUT2D eigenvalue weighted by Crippen LogP contribution is -2.35. The second-order valence-electron chi connectivity index (χ2n) is 4.77. The third kappa shape index (κ3) is 3.11. The van der Waals surface area contributed by atoms with Crippen LogP contribution in [0.15, 0.2) is 28.7 Å². The maximum atomic E-state index is 11.9. The van der Waals surface area contributed by atoms with Gasteiger partial charge in [-0.05, 0) is 18.2 Å². The van der Waals surface area contributed by atoms with Crippen LogP contribution < -0.4 is 4.90 Å². The van der Waals surface area contributed by atoms with Crippen LogP contribution in [0, 0.1) is 0 Å². The number of carboxylic acids is 1. The lowest BCUT2D eigenvalue weighted by Gasteiger charge is -2.19. The van der Waals surface area contributed by atoms with Gasteiger partial charge >= 0.3 is 5.97 Å². The maximum absolute atomic E-state index is 11.9. The number of carbonyl (C=O) groups is 4. The summed E-state index contributed by atoms with van der Waals surface area (Å²) in [4.78, 5) is 47.3. The Morgan fingerprint density at radius 2 is 1.88 bits per heavy atom. The topological polar surface area (TPSA) is 110 Å². The van der Waals surface area contributed by atoms with Crippen molar-refractivity contribution in [1.82, 2.24) is 9.78 Å². The molecule has 9 heteroatoms. The number of hydrogen-bond acceptors (Lipinski definition) is 5. The lowest BCUT2D eigenvalue weighted by atomic mass is 10.2. The highest BCUT2D eigenvalue weighted by Gasteiger charge is 2.31. The molecule has 1 heterocycles. The molecule has 2 aromatic rings. The van der Waals surface area contributed by atoms with E-state index in [0.29, 0.717) is 15.1 Å². The quantitative estimate of drug-likeness (QED) is 0.795. The minimum Gasteiger partial charge on any atom is -0.476 e. The van der Waals surface area contributed by atoms with Crippen LogP contribution in [0.25, 0.3) is 5.69 Å². The SMILES string of the molecule is CC(=O)N(C(C)=O)c1c(C=O)c(C(=O)O)nn1-c1cccc(Br)c1. The van der Waals surface area contributed by atoms with E-state index in [2.05, 4.69) is 21.0 Å². The summed E-state index contributed by atoms with van der Waals surface area (Å²) in [5.74, 6) is -2.99. The molecule has 2 rings (SSSR count). The standard InChI is InChI=1S/C15H12BrN3O5/c1-8(21)18(9(2)22)14-12(7-20)13(15(23)24)17-19(14)11-5-3-4-10(16)6-11/h3-7H,1-2H3,(H,23,24). The first-order valence-corrected chi connectivity index (χ1v) is 7.46. The molecule has 1 N–H and O–H groups in total. The largest absolute Gasteiger partial charge is 0.476 e. The van der Waals surface area contributed by atoms with Crippen molar-refractivity contribution in [3.63, 3.8) is 0 Å². The van der Waals surface area contributed by atoms with E-state index in [1.54, 1.807) is 24.3 Å². The zero-order valence-corrected chi connectivity index (χ0v) is 14.3. The van der Waals surface area contributed by atoms with Crippen LogP contribution in [0.2, 0.25) is 0 Å². The number of aldehydes is 1. The van der Waals surface area contributed by atoms with Crippen LogP contribution in [0.4, 0.5) is 5.82 Å². The number of imide groups is 1. The Bertz CT molecular complexity index is 845. The second kappa shape index (κ2) is 6.75. The van der Waals surface area contributed by atoms with E-state index >= 15 is 0 Å². The van der Waals surface area contributed by atoms with Gasteiger partial charge in [0.1, 0.15) is 0 Å². The Morgan fingerprint density at radius 1 is 1.25 bits per heavy atom. The van der Waals surface area contributed by atoms with Gasteiger partial charge in [-0.1, -0.05) is 22.0 Å². The summed E-state index contributed by atoms with van der Waals surface area (Å²) < 4.78 is 1.75. The summed E-state index contributed by atoms with van der Waals surface area (Å²) in [6, 6.07) is 6.60. The molecule has 0 unspecified atom stereocenters. The highest BCUT2D eigenvalue weighted by molar-refractivity contribution is 9.10. The average molecular weight is 394 g/mol. The number of benzene rings is 1. The predicted octanol–water partition coefficient (Wildman–Crippen LogP) is 2.04. The Kier molecular flexibility index (Phi) is 4.93. The molecule has 0 fully saturated rings. The number of amides is 2. The van der Waals surface area contributed by atoms with E-state index in [-0.39, 0.29) is 17.7 Å². The third-order valence-corrected chi connectivity index (χ3v) is 3.60. The van der Waals surface area contributed by atoms with Crippen molar-refractivity contribution < 1.29 is 24.3 Å². The van der Waals surface area contributed by atoms with Crippen molar-refractivity contribution in [2.75, 3.05) is 4.90 Å². The Morgan fingerprint density at radius 3 is 2.33 bits per heavy atom. The number of hydrogen-bond donors (Lipinski definition) is 1. The van der Waals surface area contributed by atoms with E-state index in [1.807, 2.05) is 0 Å². The number of nitrogens with zero attached hydrogens (tertiary/aromatic N) is 3. The molecule has 24 heavy (non-hydrogen) atoms. The molecular formula is C15H12BrN3O5. The van der Waals surface area contributed by atoms with Gasteiger partial charge in [-0.25, -0.2) is 14.4 Å². The fraction of sp³-hybridized carbons (Fsp3) is 0.133. The van der Waals surface area contributed by atoms with Crippen LogP contribution in [-0.4, -0.2) is 39.0 Å².